The maximum absolute atomic E-state index is 14.0. The maximum Gasteiger partial charge on any atom is 0.299 e. The van der Waals surface area contributed by atoms with Crippen LogP contribution in [0.5, 0.6) is 0 Å². The van der Waals surface area contributed by atoms with Crippen LogP contribution in [0.1, 0.15) is 29.3 Å². The van der Waals surface area contributed by atoms with Gasteiger partial charge in [0.05, 0.1) is 17.0 Å². The average molecular weight is 313 g/mol. The number of nitrogens with zero attached hydrogens (tertiary/aromatic N) is 1. The first kappa shape index (κ1) is 15.6. The van der Waals surface area contributed by atoms with Crippen LogP contribution < -0.4 is 4.90 Å². The molecule has 0 unspecified atom stereocenters. The fraction of sp³-hybridized carbons (Fsp3) is 0.429. The molecule has 0 aromatic heterocycles. The van der Waals surface area contributed by atoms with Gasteiger partial charge in [-0.25, -0.2) is 12.8 Å². The third kappa shape index (κ3) is 2.97. The van der Waals surface area contributed by atoms with Crippen molar-refractivity contribution in [2.75, 3.05) is 23.0 Å². The lowest BCUT2D eigenvalue weighted by Crippen LogP contribution is -2.32. The fourth-order valence-corrected chi connectivity index (χ4v) is 3.18. The third-order valence-electron chi connectivity index (χ3n) is 3.44. The van der Waals surface area contributed by atoms with Crippen molar-refractivity contribution in [3.63, 3.8) is 0 Å². The number of aryl methyl sites for hydroxylation is 1. The van der Waals surface area contributed by atoms with Crippen LogP contribution >= 0.6 is 0 Å². The Balaban J connectivity index is 2.24. The van der Waals surface area contributed by atoms with Crippen molar-refractivity contribution in [1.82, 2.24) is 0 Å². The molecule has 114 valence electrons. The number of sulfone groups is 1. The third-order valence-corrected chi connectivity index (χ3v) is 5.23. The van der Waals surface area contributed by atoms with Gasteiger partial charge in [-0.2, -0.15) is 0 Å². The zero-order chi connectivity index (χ0) is 15.8. The topological polar surface area (TPSA) is 71.5 Å². The number of Topliss-reactive ketones (excluding diaryl/α,β-unsaturated/α-hetero) is 1. The molecule has 0 fully saturated rings. The normalized spacial score (nSPS) is 14.7. The molecule has 0 saturated heterocycles. The highest BCUT2D eigenvalue weighted by atomic mass is 32.2. The molecule has 1 heterocycles. The van der Waals surface area contributed by atoms with Gasteiger partial charge in [-0.1, -0.05) is 6.92 Å². The van der Waals surface area contributed by atoms with Crippen molar-refractivity contribution < 1.29 is 22.4 Å². The minimum absolute atomic E-state index is 0.0107. The molecular formula is C14H16FNO4S. The minimum Gasteiger partial charge on any atom is -0.302 e. The molecule has 0 saturated carbocycles. The molecule has 1 aliphatic heterocycles. The van der Waals surface area contributed by atoms with Gasteiger partial charge < -0.3 is 4.90 Å². The van der Waals surface area contributed by atoms with Gasteiger partial charge in [-0.05, 0) is 31.0 Å². The Morgan fingerprint density at radius 2 is 1.90 bits per heavy atom. The van der Waals surface area contributed by atoms with Crippen molar-refractivity contribution in [3.8, 4) is 0 Å². The second-order valence-electron chi connectivity index (χ2n) is 5.02. The van der Waals surface area contributed by atoms with E-state index in [9.17, 15) is 22.4 Å². The molecule has 0 bridgehead atoms. The second kappa shape index (κ2) is 5.55. The number of carbonyl (C=O) groups is 2. The monoisotopic (exact) mass is 313 g/mol. The van der Waals surface area contributed by atoms with Gasteiger partial charge in [0.25, 0.3) is 11.7 Å². The summed E-state index contributed by atoms with van der Waals surface area (Å²) in [6, 6.07) is 2.72. The second-order valence-corrected chi connectivity index (χ2v) is 7.49. The molecule has 1 aliphatic rings. The molecular weight excluding hydrogens is 297 g/mol. The molecule has 1 aromatic carbocycles. The lowest BCUT2D eigenvalue weighted by Gasteiger charge is -2.17. The highest BCUT2D eigenvalue weighted by molar-refractivity contribution is 7.91. The van der Waals surface area contributed by atoms with Crippen LogP contribution in [0, 0.1) is 12.7 Å². The summed E-state index contributed by atoms with van der Waals surface area (Å²) in [4.78, 5) is 24.8. The summed E-state index contributed by atoms with van der Waals surface area (Å²) in [5.74, 6) is -2.26. The Morgan fingerprint density at radius 1 is 1.24 bits per heavy atom. The first-order chi connectivity index (χ1) is 9.76. The number of carbonyl (C=O) groups excluding carboxylic acids is 2. The number of benzene rings is 1. The minimum atomic E-state index is -3.15. The number of hydrogen-bond acceptors (Lipinski definition) is 4. The van der Waals surface area contributed by atoms with Crippen LogP contribution in [0.25, 0.3) is 0 Å². The molecule has 2 rings (SSSR count). The molecule has 0 N–H and O–H groups in total. The van der Waals surface area contributed by atoms with Gasteiger partial charge in [0.1, 0.15) is 15.7 Å². The summed E-state index contributed by atoms with van der Waals surface area (Å²) >= 11 is 0. The van der Waals surface area contributed by atoms with Crippen LogP contribution in [-0.4, -0.2) is 38.2 Å². The Bertz CT molecular complexity index is 712. The van der Waals surface area contributed by atoms with Crippen LogP contribution in [0.4, 0.5) is 10.1 Å². The van der Waals surface area contributed by atoms with E-state index in [1.165, 1.54) is 19.1 Å². The summed E-state index contributed by atoms with van der Waals surface area (Å²) < 4.78 is 36.9. The van der Waals surface area contributed by atoms with E-state index in [-0.39, 0.29) is 35.7 Å². The van der Waals surface area contributed by atoms with E-state index in [4.69, 9.17) is 0 Å². The number of hydrogen-bond donors (Lipinski definition) is 0. The van der Waals surface area contributed by atoms with E-state index in [1.807, 2.05) is 0 Å². The average Bonchev–Trinajstić information content (AvgIpc) is 2.64. The fourth-order valence-electron chi connectivity index (χ4n) is 2.32. The van der Waals surface area contributed by atoms with E-state index in [2.05, 4.69) is 0 Å². The highest BCUT2D eigenvalue weighted by Crippen LogP contribution is 2.32. The van der Waals surface area contributed by atoms with Gasteiger partial charge >= 0.3 is 0 Å². The Hall–Kier alpha value is -1.76. The predicted octanol–water partition coefficient (Wildman–Crippen LogP) is 1.49. The summed E-state index contributed by atoms with van der Waals surface area (Å²) in [6.45, 7) is 3.19. The zero-order valence-electron chi connectivity index (χ0n) is 11.8. The van der Waals surface area contributed by atoms with Gasteiger partial charge in [0, 0.05) is 12.3 Å². The Kier molecular flexibility index (Phi) is 4.13. The van der Waals surface area contributed by atoms with Gasteiger partial charge in [-0.15, -0.1) is 0 Å². The number of anilines is 1. The first-order valence-corrected chi connectivity index (χ1v) is 8.45. The number of ketones is 1. The van der Waals surface area contributed by atoms with E-state index in [0.29, 0.717) is 5.56 Å². The molecule has 1 aromatic rings. The zero-order valence-corrected chi connectivity index (χ0v) is 12.7. The van der Waals surface area contributed by atoms with Gasteiger partial charge in [0.15, 0.2) is 0 Å². The van der Waals surface area contributed by atoms with Crippen molar-refractivity contribution in [3.05, 3.63) is 29.1 Å². The first-order valence-electron chi connectivity index (χ1n) is 6.63. The number of rotatable bonds is 5. The lowest BCUT2D eigenvalue weighted by atomic mass is 10.1. The summed E-state index contributed by atoms with van der Waals surface area (Å²) in [7, 11) is -3.15. The molecule has 1 amide bonds. The number of amides is 1. The highest BCUT2D eigenvalue weighted by Gasteiger charge is 2.38. The van der Waals surface area contributed by atoms with Crippen molar-refractivity contribution >= 4 is 27.2 Å². The molecule has 0 radical (unpaired) electrons. The quantitative estimate of drug-likeness (QED) is 0.772. The lowest BCUT2D eigenvalue weighted by molar-refractivity contribution is -0.114. The molecule has 0 spiro atoms. The predicted molar refractivity (Wildman–Crippen MR) is 76.8 cm³/mol. The Labute approximate surface area is 122 Å². The molecule has 7 heteroatoms. The smallest absolute Gasteiger partial charge is 0.299 e. The van der Waals surface area contributed by atoms with E-state index in [0.717, 1.165) is 4.90 Å². The molecule has 0 atom stereocenters. The van der Waals surface area contributed by atoms with Crippen molar-refractivity contribution in [1.29, 1.82) is 0 Å². The van der Waals surface area contributed by atoms with Crippen molar-refractivity contribution in [2.24, 2.45) is 0 Å². The van der Waals surface area contributed by atoms with Gasteiger partial charge in [-0.3, -0.25) is 9.59 Å². The van der Waals surface area contributed by atoms with Gasteiger partial charge in [0.2, 0.25) is 0 Å². The molecule has 5 nitrogen and oxygen atoms in total. The van der Waals surface area contributed by atoms with E-state index in [1.54, 1.807) is 6.92 Å². The standard InChI is InChI=1S/C14H16FNO4S/c1-3-21(19,20)6-4-5-16-12-10(13(17)14(16)18)7-9(2)8-11(12)15/h7-8H,3-6H2,1-2H3. The SMILES string of the molecule is CCS(=O)(=O)CCCN1C(=O)C(=O)c2cc(C)cc(F)c21. The van der Waals surface area contributed by atoms with Crippen LogP contribution in [0.15, 0.2) is 12.1 Å². The van der Waals surface area contributed by atoms with E-state index >= 15 is 0 Å². The van der Waals surface area contributed by atoms with Crippen LogP contribution in [-0.2, 0) is 14.6 Å². The Morgan fingerprint density at radius 3 is 2.52 bits per heavy atom. The molecule has 21 heavy (non-hydrogen) atoms. The number of fused-ring (bicyclic) bond motifs is 1. The van der Waals surface area contributed by atoms with Crippen LogP contribution in [0.2, 0.25) is 0 Å². The largest absolute Gasteiger partial charge is 0.302 e. The van der Waals surface area contributed by atoms with Crippen molar-refractivity contribution in [2.45, 2.75) is 20.3 Å². The van der Waals surface area contributed by atoms with Crippen LogP contribution in [0.3, 0.4) is 0 Å². The van der Waals surface area contributed by atoms with E-state index < -0.39 is 27.3 Å². The summed E-state index contributed by atoms with van der Waals surface area (Å²) in [5, 5.41) is 0. The summed E-state index contributed by atoms with van der Waals surface area (Å²) in [6.07, 6.45) is 0.169. The number of halogens is 1. The maximum atomic E-state index is 14.0. The summed E-state index contributed by atoms with van der Waals surface area (Å²) in [5.41, 5.74) is 0.572. The molecule has 0 aliphatic carbocycles.